The average Bonchev–Trinajstić information content (AvgIpc) is 3.02. The Morgan fingerprint density at radius 2 is 1.88 bits per heavy atom. The zero-order valence-electron chi connectivity index (χ0n) is 13.0. The van der Waals surface area contributed by atoms with Crippen LogP contribution in [0.1, 0.15) is 40.2 Å². The Balaban J connectivity index is 1.91. The van der Waals surface area contributed by atoms with Gasteiger partial charge in [0, 0.05) is 18.7 Å². The lowest BCUT2D eigenvalue weighted by atomic mass is 10.1. The first-order chi connectivity index (χ1) is 11.5. The van der Waals surface area contributed by atoms with Crippen LogP contribution >= 0.6 is 15.9 Å². The molecule has 1 aliphatic heterocycles. The summed E-state index contributed by atoms with van der Waals surface area (Å²) in [6, 6.07) is 8.37. The van der Waals surface area contributed by atoms with Crippen LogP contribution in [0, 0.1) is 0 Å². The topological polar surface area (TPSA) is 88.6 Å². The molecule has 7 heteroatoms. The first-order valence-electron chi connectivity index (χ1n) is 7.80. The maximum absolute atomic E-state index is 12.4. The van der Waals surface area contributed by atoms with Gasteiger partial charge in [-0.25, -0.2) is 0 Å². The van der Waals surface area contributed by atoms with Gasteiger partial charge in [0.1, 0.15) is 0 Å². The number of anilines is 2. The van der Waals surface area contributed by atoms with E-state index in [-0.39, 0.29) is 11.7 Å². The number of nitrogens with two attached hydrogens (primary N) is 1. The molecule has 1 fully saturated rings. The van der Waals surface area contributed by atoms with E-state index in [2.05, 4.69) is 26.1 Å². The van der Waals surface area contributed by atoms with E-state index in [0.29, 0.717) is 15.9 Å². The molecule has 0 bridgehead atoms. The van der Waals surface area contributed by atoms with E-state index < -0.39 is 5.91 Å². The van der Waals surface area contributed by atoms with Crippen molar-refractivity contribution in [3.05, 3.63) is 46.3 Å². The largest absolute Gasteiger partial charge is 0.444 e. The molecule has 0 saturated carbocycles. The number of carbonyl (C=O) groups excluding carboxylic acids is 2. The predicted octanol–water partition coefficient (Wildman–Crippen LogP) is 3.38. The molecule has 1 aromatic heterocycles. The van der Waals surface area contributed by atoms with E-state index in [4.69, 9.17) is 10.2 Å². The molecular weight excluding hydrogens is 374 g/mol. The number of carbonyl (C=O) groups is 2. The van der Waals surface area contributed by atoms with Gasteiger partial charge in [0.05, 0.1) is 11.4 Å². The number of rotatable bonds is 4. The Labute approximate surface area is 148 Å². The fourth-order valence-electron chi connectivity index (χ4n) is 2.82. The third-order valence-electron chi connectivity index (χ3n) is 4.02. The molecule has 2 heterocycles. The first-order valence-corrected chi connectivity index (χ1v) is 8.59. The molecule has 2 amide bonds. The third kappa shape index (κ3) is 3.62. The number of halogens is 1. The van der Waals surface area contributed by atoms with E-state index in [1.165, 1.54) is 6.42 Å². The SMILES string of the molecule is NC(=O)c1ccc(N2CCCCC2)c(NC(=O)c2ccc(Br)o2)c1. The van der Waals surface area contributed by atoms with Crippen LogP contribution in [0.2, 0.25) is 0 Å². The molecule has 24 heavy (non-hydrogen) atoms. The lowest BCUT2D eigenvalue weighted by Gasteiger charge is -2.30. The number of nitrogens with one attached hydrogen (secondary N) is 1. The Hall–Kier alpha value is -2.28. The number of nitrogens with zero attached hydrogens (tertiary/aromatic N) is 1. The summed E-state index contributed by atoms with van der Waals surface area (Å²) in [5.74, 6) is -0.715. The lowest BCUT2D eigenvalue weighted by molar-refractivity contribution is 0.0987. The summed E-state index contributed by atoms with van der Waals surface area (Å²) in [6.45, 7) is 1.84. The van der Waals surface area contributed by atoms with Crippen molar-refractivity contribution in [2.24, 2.45) is 5.73 Å². The van der Waals surface area contributed by atoms with Gasteiger partial charge in [-0.1, -0.05) is 0 Å². The summed E-state index contributed by atoms with van der Waals surface area (Å²) in [6.07, 6.45) is 3.42. The molecule has 0 unspecified atom stereocenters. The smallest absolute Gasteiger partial charge is 0.291 e. The van der Waals surface area contributed by atoms with E-state index in [1.54, 1.807) is 24.3 Å². The highest BCUT2D eigenvalue weighted by molar-refractivity contribution is 9.10. The highest BCUT2D eigenvalue weighted by Gasteiger charge is 2.19. The maximum Gasteiger partial charge on any atom is 0.291 e. The third-order valence-corrected chi connectivity index (χ3v) is 4.45. The molecule has 1 aliphatic rings. The summed E-state index contributed by atoms with van der Waals surface area (Å²) in [7, 11) is 0. The fourth-order valence-corrected chi connectivity index (χ4v) is 3.13. The van der Waals surface area contributed by atoms with Gasteiger partial charge in [0.25, 0.3) is 5.91 Å². The zero-order valence-corrected chi connectivity index (χ0v) is 14.6. The van der Waals surface area contributed by atoms with Crippen molar-refractivity contribution in [2.75, 3.05) is 23.3 Å². The van der Waals surface area contributed by atoms with Crippen LogP contribution in [0.5, 0.6) is 0 Å². The molecule has 126 valence electrons. The minimum absolute atomic E-state index is 0.191. The quantitative estimate of drug-likeness (QED) is 0.835. The number of amides is 2. The first kappa shape index (κ1) is 16.6. The second-order valence-corrected chi connectivity index (χ2v) is 6.48. The van der Waals surface area contributed by atoms with Gasteiger partial charge in [-0.2, -0.15) is 0 Å². The van der Waals surface area contributed by atoms with Crippen LogP contribution in [-0.4, -0.2) is 24.9 Å². The van der Waals surface area contributed by atoms with E-state index in [1.807, 2.05) is 6.07 Å². The van der Waals surface area contributed by atoms with E-state index in [0.717, 1.165) is 31.6 Å². The number of hydrogen-bond acceptors (Lipinski definition) is 4. The van der Waals surface area contributed by atoms with E-state index >= 15 is 0 Å². The number of benzene rings is 1. The van der Waals surface area contributed by atoms with Gasteiger partial charge >= 0.3 is 0 Å². The molecule has 2 aromatic rings. The van der Waals surface area contributed by atoms with Crippen molar-refractivity contribution in [2.45, 2.75) is 19.3 Å². The standard InChI is InChI=1S/C17H18BrN3O3/c18-15-7-6-14(24-15)17(23)20-12-10-11(16(19)22)4-5-13(12)21-8-2-1-3-9-21/h4-7,10H,1-3,8-9H2,(H2,19,22)(H,20,23). The van der Waals surface area contributed by atoms with Crippen molar-refractivity contribution in [3.63, 3.8) is 0 Å². The summed E-state index contributed by atoms with van der Waals surface area (Å²) < 4.78 is 5.76. The summed E-state index contributed by atoms with van der Waals surface area (Å²) in [5, 5.41) is 2.83. The van der Waals surface area contributed by atoms with Crippen LogP contribution in [0.15, 0.2) is 39.4 Å². The molecule has 0 atom stereocenters. The maximum atomic E-state index is 12.4. The molecule has 0 radical (unpaired) electrons. The molecule has 0 aliphatic carbocycles. The van der Waals surface area contributed by atoms with Gasteiger partial charge in [-0.15, -0.1) is 0 Å². The Bertz CT molecular complexity index is 766. The van der Waals surface area contributed by atoms with Crippen molar-refractivity contribution in [1.29, 1.82) is 0 Å². The predicted molar refractivity (Wildman–Crippen MR) is 95.4 cm³/mol. The molecule has 3 N–H and O–H groups in total. The number of primary amides is 1. The minimum Gasteiger partial charge on any atom is -0.444 e. The van der Waals surface area contributed by atoms with Crippen molar-refractivity contribution < 1.29 is 14.0 Å². The number of hydrogen-bond donors (Lipinski definition) is 2. The van der Waals surface area contributed by atoms with Crippen LogP contribution in [0.3, 0.4) is 0 Å². The van der Waals surface area contributed by atoms with Crippen molar-refractivity contribution in [1.82, 2.24) is 0 Å². The van der Waals surface area contributed by atoms with Crippen LogP contribution < -0.4 is 16.0 Å². The summed E-state index contributed by atoms with van der Waals surface area (Å²) in [5.41, 5.74) is 7.17. The Morgan fingerprint density at radius 1 is 1.12 bits per heavy atom. The average molecular weight is 392 g/mol. The van der Waals surface area contributed by atoms with Crippen molar-refractivity contribution in [3.8, 4) is 0 Å². The second-order valence-electron chi connectivity index (χ2n) is 5.70. The van der Waals surface area contributed by atoms with Gasteiger partial charge in [0.15, 0.2) is 10.4 Å². The molecule has 1 saturated heterocycles. The van der Waals surface area contributed by atoms with Crippen LogP contribution in [0.4, 0.5) is 11.4 Å². The normalized spacial score (nSPS) is 14.5. The number of furan rings is 1. The van der Waals surface area contributed by atoms with Gasteiger partial charge in [-0.3, -0.25) is 9.59 Å². The van der Waals surface area contributed by atoms with Gasteiger partial charge in [-0.05, 0) is 65.5 Å². The van der Waals surface area contributed by atoms with Crippen molar-refractivity contribution >= 4 is 39.1 Å². The minimum atomic E-state index is -0.531. The molecule has 0 spiro atoms. The highest BCUT2D eigenvalue weighted by atomic mass is 79.9. The van der Waals surface area contributed by atoms with Crippen LogP contribution in [0.25, 0.3) is 0 Å². The molecule has 3 rings (SSSR count). The molecular formula is C17H18BrN3O3. The molecule has 6 nitrogen and oxygen atoms in total. The Kier molecular flexibility index (Phi) is 4.89. The Morgan fingerprint density at radius 3 is 2.50 bits per heavy atom. The van der Waals surface area contributed by atoms with Crippen LogP contribution in [-0.2, 0) is 0 Å². The van der Waals surface area contributed by atoms with Gasteiger partial charge in [0.2, 0.25) is 5.91 Å². The fraction of sp³-hybridized carbons (Fsp3) is 0.294. The summed E-state index contributed by atoms with van der Waals surface area (Å²) >= 11 is 3.18. The summed E-state index contributed by atoms with van der Waals surface area (Å²) in [4.78, 5) is 26.1. The highest BCUT2D eigenvalue weighted by Crippen LogP contribution is 2.30. The van der Waals surface area contributed by atoms with E-state index in [9.17, 15) is 9.59 Å². The lowest BCUT2D eigenvalue weighted by Crippen LogP contribution is -2.30. The zero-order chi connectivity index (χ0) is 17.1. The second kappa shape index (κ2) is 7.09. The molecule has 1 aromatic carbocycles. The number of piperidine rings is 1. The van der Waals surface area contributed by atoms with Gasteiger partial charge < -0.3 is 20.4 Å². The monoisotopic (exact) mass is 391 g/mol.